The number of allylic oxidation sites excluding steroid dienone is 2. The average Bonchev–Trinajstić information content (AvgIpc) is 2.67. The van der Waals surface area contributed by atoms with Crippen molar-refractivity contribution in [3.05, 3.63) is 23.8 Å². The maximum absolute atomic E-state index is 12.8. The Morgan fingerprint density at radius 2 is 2.25 bits per heavy atom. The summed E-state index contributed by atoms with van der Waals surface area (Å²) in [5, 5.41) is 10.5. The Kier molecular flexibility index (Phi) is 3.59. The summed E-state index contributed by atoms with van der Waals surface area (Å²) in [4.78, 5) is 15.1. The molecule has 3 aliphatic rings. The van der Waals surface area contributed by atoms with Crippen molar-refractivity contribution in [2.45, 2.75) is 38.7 Å². The normalized spacial score (nSPS) is 42.2. The second-order valence-corrected chi connectivity index (χ2v) is 6.92. The van der Waals surface area contributed by atoms with Gasteiger partial charge in [-0.25, -0.2) is 0 Å². The van der Waals surface area contributed by atoms with Gasteiger partial charge in [0.25, 0.3) is 0 Å². The van der Waals surface area contributed by atoms with Crippen molar-refractivity contribution < 1.29 is 9.90 Å². The van der Waals surface area contributed by atoms with Gasteiger partial charge in [0.2, 0.25) is 0 Å². The molecule has 4 unspecified atom stereocenters. The van der Waals surface area contributed by atoms with Gasteiger partial charge in [-0.15, -0.1) is 0 Å². The summed E-state index contributed by atoms with van der Waals surface area (Å²) in [5.74, 6) is 0.603. The van der Waals surface area contributed by atoms with Crippen molar-refractivity contribution in [1.29, 1.82) is 0 Å². The summed E-state index contributed by atoms with van der Waals surface area (Å²) in [6.07, 6.45) is 9.46. The van der Waals surface area contributed by atoms with Gasteiger partial charge in [-0.05, 0) is 58.2 Å². The molecular formula is C17H25NO2. The number of aliphatic hydroxyl groups is 1. The zero-order valence-corrected chi connectivity index (χ0v) is 12.5. The van der Waals surface area contributed by atoms with E-state index in [9.17, 15) is 9.90 Å². The van der Waals surface area contributed by atoms with Crippen LogP contribution in [0, 0.1) is 17.3 Å². The van der Waals surface area contributed by atoms with E-state index in [1.807, 2.05) is 13.0 Å². The highest BCUT2D eigenvalue weighted by atomic mass is 16.3. The predicted octanol–water partition coefficient (Wildman–Crippen LogP) is 2.17. The molecule has 0 bridgehead atoms. The van der Waals surface area contributed by atoms with Crippen LogP contribution in [0.5, 0.6) is 0 Å². The van der Waals surface area contributed by atoms with Crippen LogP contribution < -0.4 is 0 Å². The van der Waals surface area contributed by atoms with Crippen LogP contribution in [0.2, 0.25) is 0 Å². The molecule has 0 aromatic rings. The minimum Gasteiger partial charge on any atom is -0.392 e. The molecule has 3 nitrogen and oxygen atoms in total. The van der Waals surface area contributed by atoms with E-state index < -0.39 is 0 Å². The topological polar surface area (TPSA) is 40.5 Å². The van der Waals surface area contributed by atoms with Gasteiger partial charge < -0.3 is 10.0 Å². The monoisotopic (exact) mass is 275 g/mol. The van der Waals surface area contributed by atoms with Crippen molar-refractivity contribution in [2.24, 2.45) is 17.3 Å². The second kappa shape index (κ2) is 5.12. The van der Waals surface area contributed by atoms with Gasteiger partial charge in [-0.3, -0.25) is 4.79 Å². The van der Waals surface area contributed by atoms with Crippen LogP contribution in [-0.2, 0) is 4.79 Å². The van der Waals surface area contributed by atoms with E-state index >= 15 is 0 Å². The van der Waals surface area contributed by atoms with Gasteiger partial charge in [0.1, 0.15) is 0 Å². The summed E-state index contributed by atoms with van der Waals surface area (Å²) in [6, 6.07) is 0. The molecule has 1 aliphatic heterocycles. The highest BCUT2D eigenvalue weighted by Crippen LogP contribution is 2.56. The Hall–Kier alpha value is -0.930. The number of aliphatic hydroxyl groups excluding tert-OH is 1. The molecule has 3 rings (SSSR count). The lowest BCUT2D eigenvalue weighted by Gasteiger charge is -2.40. The summed E-state index contributed by atoms with van der Waals surface area (Å²) in [6.45, 7) is 3.98. The maximum atomic E-state index is 12.8. The third kappa shape index (κ3) is 2.08. The van der Waals surface area contributed by atoms with Crippen molar-refractivity contribution in [1.82, 2.24) is 4.90 Å². The van der Waals surface area contributed by atoms with Gasteiger partial charge in [0.05, 0.1) is 6.10 Å². The number of nitrogens with zero attached hydrogens (tertiary/aromatic N) is 1. The molecule has 0 saturated heterocycles. The number of likely N-dealkylation sites (N-methyl/N-ethyl adjacent to an activating group) is 1. The maximum Gasteiger partial charge on any atom is 0.162 e. The molecule has 0 aromatic heterocycles. The molecule has 1 N–H and O–H groups in total. The average molecular weight is 275 g/mol. The van der Waals surface area contributed by atoms with Crippen molar-refractivity contribution in [3.63, 3.8) is 0 Å². The van der Waals surface area contributed by atoms with Crippen LogP contribution in [-0.4, -0.2) is 42.0 Å². The van der Waals surface area contributed by atoms with E-state index in [0.717, 1.165) is 38.8 Å². The number of carbonyl (C=O) groups is 1. The van der Waals surface area contributed by atoms with E-state index in [0.29, 0.717) is 5.92 Å². The minimum atomic E-state index is -0.358. The van der Waals surface area contributed by atoms with Gasteiger partial charge in [0, 0.05) is 17.9 Å². The zero-order valence-electron chi connectivity index (χ0n) is 12.5. The van der Waals surface area contributed by atoms with Crippen LogP contribution in [0.15, 0.2) is 23.8 Å². The fourth-order valence-corrected chi connectivity index (χ4v) is 4.61. The van der Waals surface area contributed by atoms with Gasteiger partial charge in [-0.2, -0.15) is 0 Å². The number of carbonyl (C=O) groups excluding carboxylic acids is 1. The highest BCUT2D eigenvalue weighted by Gasteiger charge is 2.57. The molecule has 1 saturated carbocycles. The van der Waals surface area contributed by atoms with Crippen molar-refractivity contribution in [2.75, 3.05) is 20.1 Å². The zero-order chi connectivity index (χ0) is 14.3. The summed E-state index contributed by atoms with van der Waals surface area (Å²) in [5.41, 5.74) is 0.847. The van der Waals surface area contributed by atoms with Crippen molar-refractivity contribution in [3.8, 4) is 0 Å². The second-order valence-electron chi connectivity index (χ2n) is 6.92. The molecule has 3 heteroatoms. The Morgan fingerprint density at radius 1 is 1.45 bits per heavy atom. The standard InChI is InChI=1S/C17H25NO2/c1-12-9-13-11-15(19)14-5-3-7-18(2)8-4-6-17(13,14)16(20)10-12/h3,5,10,13-15,19H,4,6-9,11H2,1-2H3. The third-order valence-electron chi connectivity index (χ3n) is 5.56. The molecule has 2 aliphatic carbocycles. The van der Waals surface area contributed by atoms with Crippen LogP contribution >= 0.6 is 0 Å². The summed E-state index contributed by atoms with van der Waals surface area (Å²) >= 11 is 0. The van der Waals surface area contributed by atoms with E-state index in [2.05, 4.69) is 24.1 Å². The smallest absolute Gasteiger partial charge is 0.162 e. The Morgan fingerprint density at radius 3 is 3.05 bits per heavy atom. The fraction of sp³-hybridized carbons (Fsp3) is 0.706. The lowest BCUT2D eigenvalue weighted by Crippen LogP contribution is -2.43. The number of hydrogen-bond donors (Lipinski definition) is 1. The molecule has 4 atom stereocenters. The SMILES string of the molecule is CC1=CC(=O)C23CCCN(C)CC=CC2C(O)CC3C1. The summed E-state index contributed by atoms with van der Waals surface area (Å²) in [7, 11) is 2.11. The molecule has 20 heavy (non-hydrogen) atoms. The third-order valence-corrected chi connectivity index (χ3v) is 5.56. The quantitative estimate of drug-likeness (QED) is 0.689. The van der Waals surface area contributed by atoms with E-state index in [4.69, 9.17) is 0 Å². The molecular weight excluding hydrogens is 250 g/mol. The van der Waals surface area contributed by atoms with E-state index in [1.165, 1.54) is 5.57 Å². The van der Waals surface area contributed by atoms with Gasteiger partial charge >= 0.3 is 0 Å². The lowest BCUT2D eigenvalue weighted by molar-refractivity contribution is -0.129. The van der Waals surface area contributed by atoms with Crippen LogP contribution in [0.3, 0.4) is 0 Å². The highest BCUT2D eigenvalue weighted by molar-refractivity contribution is 5.97. The first-order chi connectivity index (χ1) is 9.54. The predicted molar refractivity (Wildman–Crippen MR) is 79.3 cm³/mol. The largest absolute Gasteiger partial charge is 0.392 e. The molecule has 0 amide bonds. The Balaban J connectivity index is 2.01. The first-order valence-corrected chi connectivity index (χ1v) is 7.79. The van der Waals surface area contributed by atoms with Gasteiger partial charge in [-0.1, -0.05) is 17.7 Å². The van der Waals surface area contributed by atoms with Crippen molar-refractivity contribution >= 4 is 5.78 Å². The van der Waals surface area contributed by atoms with E-state index in [-0.39, 0.29) is 23.2 Å². The molecule has 0 radical (unpaired) electrons. The molecule has 1 heterocycles. The first-order valence-electron chi connectivity index (χ1n) is 7.79. The fourth-order valence-electron chi connectivity index (χ4n) is 4.61. The Labute approximate surface area is 121 Å². The first kappa shape index (κ1) is 14.0. The van der Waals surface area contributed by atoms with E-state index in [1.54, 1.807) is 0 Å². The molecule has 1 fully saturated rings. The minimum absolute atomic E-state index is 0.0100. The molecule has 1 spiro atoms. The van der Waals surface area contributed by atoms with Crippen LogP contribution in [0.25, 0.3) is 0 Å². The van der Waals surface area contributed by atoms with Crippen LogP contribution in [0.4, 0.5) is 0 Å². The molecule has 110 valence electrons. The Bertz CT molecular complexity index is 468. The van der Waals surface area contributed by atoms with Gasteiger partial charge in [0.15, 0.2) is 5.78 Å². The summed E-state index contributed by atoms with van der Waals surface area (Å²) < 4.78 is 0. The molecule has 0 aromatic carbocycles. The lowest BCUT2D eigenvalue weighted by atomic mass is 9.61. The number of rotatable bonds is 0. The number of hydrogen-bond acceptors (Lipinski definition) is 3. The number of ketones is 1. The van der Waals surface area contributed by atoms with Crippen LogP contribution in [0.1, 0.15) is 32.6 Å².